The Morgan fingerprint density at radius 2 is 2.22 bits per heavy atom. The van der Waals surface area contributed by atoms with Gasteiger partial charge in [-0.05, 0) is 24.6 Å². The fraction of sp³-hybridized carbons (Fsp3) is 0.250. The Hall–Kier alpha value is -2.37. The summed E-state index contributed by atoms with van der Waals surface area (Å²) < 4.78 is 1.69. The quantitative estimate of drug-likeness (QED) is 0.829. The Labute approximate surface area is 103 Å². The highest BCUT2D eigenvalue weighted by Gasteiger charge is 2.23. The molecule has 3 rings (SSSR count). The maximum Gasteiger partial charge on any atom is 0.248 e. The Balaban J connectivity index is 2.14. The average Bonchev–Trinajstić information content (AvgIpc) is 2.93. The van der Waals surface area contributed by atoms with E-state index in [1.807, 2.05) is 0 Å². The number of aromatic nitrogens is 2. The van der Waals surface area contributed by atoms with Crippen LogP contribution < -0.4 is 10.7 Å². The molecule has 6 heteroatoms. The third-order valence-corrected chi connectivity index (χ3v) is 3.12. The Bertz CT molecular complexity index is 647. The van der Waals surface area contributed by atoms with Gasteiger partial charge in [0.2, 0.25) is 11.8 Å². The molecule has 0 unspecified atom stereocenters. The van der Waals surface area contributed by atoms with E-state index in [2.05, 4.69) is 4.98 Å². The molecule has 2 aromatic rings. The van der Waals surface area contributed by atoms with E-state index in [-0.39, 0.29) is 5.91 Å². The van der Waals surface area contributed by atoms with Crippen LogP contribution in [0.3, 0.4) is 0 Å². The van der Waals surface area contributed by atoms with Crippen LogP contribution >= 0.6 is 0 Å². The van der Waals surface area contributed by atoms with Crippen LogP contribution in [0.1, 0.15) is 23.2 Å². The first-order valence-corrected chi connectivity index (χ1v) is 5.74. The molecule has 0 atom stereocenters. The van der Waals surface area contributed by atoms with Crippen LogP contribution in [0.2, 0.25) is 0 Å². The second kappa shape index (κ2) is 3.83. The van der Waals surface area contributed by atoms with Gasteiger partial charge >= 0.3 is 0 Å². The predicted octanol–water partition coefficient (Wildman–Crippen LogP) is 0.394. The van der Waals surface area contributed by atoms with Gasteiger partial charge in [-0.1, -0.05) is 0 Å². The highest BCUT2D eigenvalue weighted by Crippen LogP contribution is 2.18. The zero-order valence-electron chi connectivity index (χ0n) is 9.67. The van der Waals surface area contributed by atoms with Crippen molar-refractivity contribution >= 4 is 22.8 Å². The molecule has 92 valence electrons. The van der Waals surface area contributed by atoms with E-state index >= 15 is 0 Å². The summed E-state index contributed by atoms with van der Waals surface area (Å²) in [5, 5.41) is 1.64. The van der Waals surface area contributed by atoms with Crippen molar-refractivity contribution in [3.8, 4) is 0 Å². The molecule has 18 heavy (non-hydrogen) atoms. The molecule has 2 amide bonds. The minimum atomic E-state index is -0.489. The number of carbonyl (C=O) groups excluding carboxylic acids is 2. The topological polar surface area (TPSA) is 81.2 Å². The lowest BCUT2D eigenvalue weighted by molar-refractivity contribution is -0.118. The maximum atomic E-state index is 11.7. The Morgan fingerprint density at radius 1 is 1.39 bits per heavy atom. The van der Waals surface area contributed by atoms with E-state index in [9.17, 15) is 9.59 Å². The first-order chi connectivity index (χ1) is 8.66. The number of amides is 2. The van der Waals surface area contributed by atoms with Crippen LogP contribution in [0.15, 0.2) is 24.5 Å². The zero-order valence-corrected chi connectivity index (χ0v) is 9.67. The first kappa shape index (κ1) is 10.8. The summed E-state index contributed by atoms with van der Waals surface area (Å²) in [6.07, 6.45) is 2.99. The lowest BCUT2D eigenvalue weighted by Gasteiger charge is -2.17. The molecule has 1 saturated heterocycles. The van der Waals surface area contributed by atoms with Gasteiger partial charge in [0.1, 0.15) is 6.33 Å². The van der Waals surface area contributed by atoms with Crippen LogP contribution in [0.25, 0.3) is 11.0 Å². The van der Waals surface area contributed by atoms with Crippen molar-refractivity contribution < 1.29 is 9.59 Å². The van der Waals surface area contributed by atoms with E-state index in [4.69, 9.17) is 5.73 Å². The molecule has 1 fully saturated rings. The molecule has 0 saturated carbocycles. The van der Waals surface area contributed by atoms with Gasteiger partial charge in [0, 0.05) is 18.5 Å². The molecule has 0 spiro atoms. The molecule has 2 N–H and O–H groups in total. The number of carbonyl (C=O) groups is 2. The Kier molecular flexibility index (Phi) is 2.29. The average molecular weight is 244 g/mol. The number of benzene rings is 1. The van der Waals surface area contributed by atoms with Crippen molar-refractivity contribution in [2.45, 2.75) is 12.8 Å². The molecule has 1 aromatic carbocycles. The normalized spacial score (nSPS) is 15.6. The van der Waals surface area contributed by atoms with Crippen LogP contribution in [0.4, 0.5) is 0 Å². The van der Waals surface area contributed by atoms with Crippen molar-refractivity contribution in [3.63, 3.8) is 0 Å². The number of rotatable bonds is 2. The monoisotopic (exact) mass is 244 g/mol. The van der Waals surface area contributed by atoms with Gasteiger partial charge < -0.3 is 5.73 Å². The summed E-state index contributed by atoms with van der Waals surface area (Å²) in [5.74, 6) is -0.420. The number of nitrogens with zero attached hydrogens (tertiary/aromatic N) is 3. The summed E-state index contributed by atoms with van der Waals surface area (Å²) >= 11 is 0. The van der Waals surface area contributed by atoms with Gasteiger partial charge in [0.25, 0.3) is 0 Å². The summed E-state index contributed by atoms with van der Waals surface area (Å²) in [6.45, 7) is 0.672. The standard InChI is InChI=1S/C12H12N4O2/c13-12(18)8-3-4-9-10(6-8)16(7-14-9)15-5-1-2-11(15)17/h3-4,6-7H,1-2,5H2,(H2,13,18). The molecule has 0 aliphatic carbocycles. The van der Waals surface area contributed by atoms with E-state index in [0.717, 1.165) is 17.5 Å². The number of hydrogen-bond acceptors (Lipinski definition) is 3. The molecule has 1 aromatic heterocycles. The summed E-state index contributed by atoms with van der Waals surface area (Å²) in [7, 11) is 0. The smallest absolute Gasteiger partial charge is 0.248 e. The Morgan fingerprint density at radius 3 is 2.89 bits per heavy atom. The second-order valence-electron chi connectivity index (χ2n) is 4.28. The summed E-state index contributed by atoms with van der Waals surface area (Å²) in [6, 6.07) is 5.02. The van der Waals surface area contributed by atoms with Crippen molar-refractivity contribution in [3.05, 3.63) is 30.1 Å². The van der Waals surface area contributed by atoms with Gasteiger partial charge in [-0.3, -0.25) is 9.59 Å². The van der Waals surface area contributed by atoms with Crippen molar-refractivity contribution in [2.75, 3.05) is 11.6 Å². The SMILES string of the molecule is NC(=O)c1ccc2ncn(N3CCCC3=O)c2c1. The van der Waals surface area contributed by atoms with Crippen LogP contribution in [0, 0.1) is 0 Å². The molecule has 0 bridgehead atoms. The van der Waals surface area contributed by atoms with E-state index in [1.54, 1.807) is 34.2 Å². The predicted molar refractivity (Wildman–Crippen MR) is 65.6 cm³/mol. The summed E-state index contributed by atoms with van der Waals surface area (Å²) in [4.78, 5) is 27.1. The van der Waals surface area contributed by atoms with Crippen molar-refractivity contribution in [1.82, 2.24) is 9.66 Å². The van der Waals surface area contributed by atoms with Crippen LogP contribution in [0.5, 0.6) is 0 Å². The van der Waals surface area contributed by atoms with E-state index in [0.29, 0.717) is 18.5 Å². The van der Waals surface area contributed by atoms with Crippen molar-refractivity contribution in [1.29, 1.82) is 0 Å². The zero-order chi connectivity index (χ0) is 12.7. The number of primary amides is 1. The second-order valence-corrected chi connectivity index (χ2v) is 4.28. The van der Waals surface area contributed by atoms with E-state index in [1.165, 1.54) is 0 Å². The molecule has 6 nitrogen and oxygen atoms in total. The van der Waals surface area contributed by atoms with Gasteiger partial charge in [-0.25, -0.2) is 14.7 Å². The highest BCUT2D eigenvalue weighted by atomic mass is 16.2. The van der Waals surface area contributed by atoms with Gasteiger partial charge in [0.05, 0.1) is 11.0 Å². The largest absolute Gasteiger partial charge is 0.366 e. The number of hydrogen-bond donors (Lipinski definition) is 1. The number of fused-ring (bicyclic) bond motifs is 1. The van der Waals surface area contributed by atoms with Crippen molar-refractivity contribution in [2.24, 2.45) is 5.73 Å². The molecular formula is C12H12N4O2. The maximum absolute atomic E-state index is 11.7. The van der Waals surface area contributed by atoms with Gasteiger partial charge in [-0.2, -0.15) is 0 Å². The molecular weight excluding hydrogens is 232 g/mol. The molecule has 1 aliphatic rings. The third kappa shape index (κ3) is 1.54. The fourth-order valence-corrected chi connectivity index (χ4v) is 2.20. The molecule has 2 heterocycles. The molecule has 0 radical (unpaired) electrons. The number of nitrogens with two attached hydrogens (primary N) is 1. The fourth-order valence-electron chi connectivity index (χ4n) is 2.20. The lowest BCUT2D eigenvalue weighted by atomic mass is 10.2. The highest BCUT2D eigenvalue weighted by molar-refractivity contribution is 5.97. The van der Waals surface area contributed by atoms with Crippen LogP contribution in [-0.2, 0) is 4.79 Å². The lowest BCUT2D eigenvalue weighted by Crippen LogP contribution is -2.34. The van der Waals surface area contributed by atoms with Crippen LogP contribution in [-0.4, -0.2) is 28.0 Å². The van der Waals surface area contributed by atoms with Gasteiger partial charge in [-0.15, -0.1) is 0 Å². The molecule has 1 aliphatic heterocycles. The third-order valence-electron chi connectivity index (χ3n) is 3.12. The minimum Gasteiger partial charge on any atom is -0.366 e. The number of imidazole rings is 1. The summed E-state index contributed by atoms with van der Waals surface area (Å²) in [5.41, 5.74) is 7.13. The van der Waals surface area contributed by atoms with Gasteiger partial charge in [0.15, 0.2) is 0 Å². The van der Waals surface area contributed by atoms with E-state index < -0.39 is 5.91 Å². The minimum absolute atomic E-state index is 0.0683. The first-order valence-electron chi connectivity index (χ1n) is 5.74.